The molecular weight excluding hydrogens is 210 g/mol. The third-order valence-corrected chi connectivity index (χ3v) is 3.64. The molecule has 1 heterocycles. The van der Waals surface area contributed by atoms with E-state index in [9.17, 15) is 0 Å². The van der Waals surface area contributed by atoms with Gasteiger partial charge in [0.25, 0.3) is 0 Å². The zero-order chi connectivity index (χ0) is 10.8. The molecule has 1 fully saturated rings. The van der Waals surface area contributed by atoms with Crippen molar-refractivity contribution in [2.75, 3.05) is 0 Å². The molecule has 1 aliphatic carbocycles. The van der Waals surface area contributed by atoms with Crippen LogP contribution >= 0.6 is 11.6 Å². The molecule has 84 valence electrons. The van der Waals surface area contributed by atoms with Crippen molar-refractivity contribution < 1.29 is 0 Å². The van der Waals surface area contributed by atoms with Crippen LogP contribution in [-0.4, -0.2) is 9.55 Å². The number of imidazole rings is 1. The van der Waals surface area contributed by atoms with Crippen LogP contribution in [0.2, 0.25) is 5.15 Å². The Labute approximate surface area is 95.6 Å². The van der Waals surface area contributed by atoms with Crippen molar-refractivity contribution in [2.24, 2.45) is 12.8 Å². The summed E-state index contributed by atoms with van der Waals surface area (Å²) >= 11 is 6.17. The fourth-order valence-corrected chi connectivity index (χ4v) is 2.90. The lowest BCUT2D eigenvalue weighted by atomic mass is 9.87. The van der Waals surface area contributed by atoms with Gasteiger partial charge in [-0.3, -0.25) is 0 Å². The van der Waals surface area contributed by atoms with Gasteiger partial charge in [-0.05, 0) is 12.8 Å². The molecule has 0 unspecified atom stereocenters. The molecule has 2 N–H and O–H groups in total. The minimum absolute atomic E-state index is 0.461. The van der Waals surface area contributed by atoms with E-state index in [0.717, 1.165) is 5.82 Å². The van der Waals surface area contributed by atoms with Crippen molar-refractivity contribution in [1.82, 2.24) is 9.55 Å². The Bertz CT molecular complexity index is 340. The highest BCUT2D eigenvalue weighted by atomic mass is 35.5. The molecule has 2 rings (SSSR count). The second-order valence-corrected chi connectivity index (χ2v) is 4.66. The Kier molecular flexibility index (Phi) is 3.32. The molecule has 4 heteroatoms. The summed E-state index contributed by atoms with van der Waals surface area (Å²) in [6.07, 6.45) is 6.45. The number of nitrogens with two attached hydrogens (primary N) is 1. The highest BCUT2D eigenvalue weighted by molar-refractivity contribution is 6.30. The van der Waals surface area contributed by atoms with Crippen molar-refractivity contribution in [3.8, 4) is 0 Å². The number of rotatable bonds is 2. The molecular formula is C11H18ClN3. The van der Waals surface area contributed by atoms with Gasteiger partial charge in [-0.15, -0.1) is 0 Å². The van der Waals surface area contributed by atoms with Crippen LogP contribution in [-0.2, 0) is 13.6 Å². The summed E-state index contributed by atoms with van der Waals surface area (Å²) in [7, 11) is 2.02. The first kappa shape index (κ1) is 11.0. The SMILES string of the molecule is Cn1c(CN)nc(Cl)c1C1CCCCC1. The first-order valence-corrected chi connectivity index (χ1v) is 6.03. The lowest BCUT2D eigenvalue weighted by Crippen LogP contribution is -2.12. The largest absolute Gasteiger partial charge is 0.332 e. The second kappa shape index (κ2) is 4.54. The highest BCUT2D eigenvalue weighted by Gasteiger charge is 2.23. The summed E-state index contributed by atoms with van der Waals surface area (Å²) < 4.78 is 2.08. The summed E-state index contributed by atoms with van der Waals surface area (Å²) in [4.78, 5) is 4.31. The zero-order valence-corrected chi connectivity index (χ0v) is 9.93. The molecule has 1 aliphatic rings. The van der Waals surface area contributed by atoms with Crippen LogP contribution in [0, 0.1) is 0 Å². The zero-order valence-electron chi connectivity index (χ0n) is 9.17. The molecule has 0 bridgehead atoms. The second-order valence-electron chi connectivity index (χ2n) is 4.30. The number of halogens is 1. The van der Waals surface area contributed by atoms with E-state index in [2.05, 4.69) is 9.55 Å². The van der Waals surface area contributed by atoms with Crippen LogP contribution < -0.4 is 5.73 Å². The maximum atomic E-state index is 6.17. The normalized spacial score (nSPS) is 18.3. The third-order valence-electron chi connectivity index (χ3n) is 3.36. The van der Waals surface area contributed by atoms with E-state index < -0.39 is 0 Å². The van der Waals surface area contributed by atoms with Crippen LogP contribution in [0.5, 0.6) is 0 Å². The Hall–Kier alpha value is -0.540. The van der Waals surface area contributed by atoms with Gasteiger partial charge in [-0.2, -0.15) is 0 Å². The minimum Gasteiger partial charge on any atom is -0.332 e. The van der Waals surface area contributed by atoms with Crippen molar-refractivity contribution in [2.45, 2.75) is 44.6 Å². The standard InChI is InChI=1S/C11H18ClN3/c1-15-9(7-13)14-11(12)10(15)8-5-3-2-4-6-8/h8H,2-7,13H2,1H3. The van der Waals surface area contributed by atoms with Gasteiger partial charge in [-0.1, -0.05) is 30.9 Å². The maximum Gasteiger partial charge on any atom is 0.150 e. The van der Waals surface area contributed by atoms with Crippen molar-refractivity contribution >= 4 is 11.6 Å². The van der Waals surface area contributed by atoms with Gasteiger partial charge in [0.15, 0.2) is 5.15 Å². The molecule has 0 aliphatic heterocycles. The van der Waals surface area contributed by atoms with E-state index in [4.69, 9.17) is 17.3 Å². The molecule has 1 aromatic rings. The minimum atomic E-state index is 0.461. The van der Waals surface area contributed by atoms with Crippen LogP contribution in [0.15, 0.2) is 0 Å². The molecule has 0 saturated heterocycles. The Morgan fingerprint density at radius 2 is 2.07 bits per heavy atom. The summed E-state index contributed by atoms with van der Waals surface area (Å²) in [6.45, 7) is 0.461. The first-order valence-electron chi connectivity index (χ1n) is 5.65. The lowest BCUT2D eigenvalue weighted by molar-refractivity contribution is 0.428. The van der Waals surface area contributed by atoms with E-state index in [1.54, 1.807) is 0 Å². The van der Waals surface area contributed by atoms with E-state index in [1.165, 1.54) is 37.8 Å². The van der Waals surface area contributed by atoms with Gasteiger partial charge in [0.05, 0.1) is 12.2 Å². The molecule has 1 saturated carbocycles. The predicted octanol–water partition coefficient (Wildman–Crippen LogP) is 2.58. The number of aromatic nitrogens is 2. The van der Waals surface area contributed by atoms with Gasteiger partial charge < -0.3 is 10.3 Å². The van der Waals surface area contributed by atoms with Crippen LogP contribution in [0.1, 0.15) is 49.5 Å². The molecule has 0 atom stereocenters. The number of hydrogen-bond acceptors (Lipinski definition) is 2. The van der Waals surface area contributed by atoms with E-state index in [-0.39, 0.29) is 0 Å². The summed E-state index contributed by atoms with van der Waals surface area (Å²) in [5.41, 5.74) is 6.81. The number of nitrogens with zero attached hydrogens (tertiary/aromatic N) is 2. The van der Waals surface area contributed by atoms with E-state index in [1.807, 2.05) is 7.05 Å². The van der Waals surface area contributed by atoms with Gasteiger partial charge in [0.2, 0.25) is 0 Å². The fourth-order valence-electron chi connectivity index (χ4n) is 2.52. The average Bonchev–Trinajstić information content (AvgIpc) is 2.55. The lowest BCUT2D eigenvalue weighted by Gasteiger charge is -2.22. The topological polar surface area (TPSA) is 43.8 Å². The van der Waals surface area contributed by atoms with Gasteiger partial charge >= 0.3 is 0 Å². The monoisotopic (exact) mass is 227 g/mol. The Morgan fingerprint density at radius 3 is 2.60 bits per heavy atom. The molecule has 0 radical (unpaired) electrons. The maximum absolute atomic E-state index is 6.17. The first-order chi connectivity index (χ1) is 7.24. The van der Waals surface area contributed by atoms with Gasteiger partial charge in [0.1, 0.15) is 5.82 Å². The van der Waals surface area contributed by atoms with Crippen molar-refractivity contribution in [3.05, 3.63) is 16.7 Å². The molecule has 3 nitrogen and oxygen atoms in total. The van der Waals surface area contributed by atoms with Gasteiger partial charge in [-0.25, -0.2) is 4.98 Å². The van der Waals surface area contributed by atoms with E-state index in [0.29, 0.717) is 17.6 Å². The molecule has 0 spiro atoms. The van der Waals surface area contributed by atoms with Gasteiger partial charge in [0, 0.05) is 13.0 Å². The smallest absolute Gasteiger partial charge is 0.150 e. The molecule has 15 heavy (non-hydrogen) atoms. The summed E-state index contributed by atoms with van der Waals surface area (Å²) in [5.74, 6) is 1.48. The predicted molar refractivity (Wildman–Crippen MR) is 61.9 cm³/mol. The molecule has 0 aromatic carbocycles. The quantitative estimate of drug-likeness (QED) is 0.844. The van der Waals surface area contributed by atoms with Crippen LogP contribution in [0.3, 0.4) is 0 Å². The summed E-state index contributed by atoms with van der Waals surface area (Å²) in [5, 5.41) is 0.657. The van der Waals surface area contributed by atoms with E-state index >= 15 is 0 Å². The third kappa shape index (κ3) is 2.04. The van der Waals surface area contributed by atoms with Crippen LogP contribution in [0.25, 0.3) is 0 Å². The molecule has 1 aromatic heterocycles. The van der Waals surface area contributed by atoms with Crippen molar-refractivity contribution in [1.29, 1.82) is 0 Å². The average molecular weight is 228 g/mol. The number of hydrogen-bond donors (Lipinski definition) is 1. The van der Waals surface area contributed by atoms with Crippen LogP contribution in [0.4, 0.5) is 0 Å². The molecule has 0 amide bonds. The fraction of sp³-hybridized carbons (Fsp3) is 0.727. The summed E-state index contributed by atoms with van der Waals surface area (Å²) in [6, 6.07) is 0. The Morgan fingerprint density at radius 1 is 1.40 bits per heavy atom. The van der Waals surface area contributed by atoms with Crippen molar-refractivity contribution in [3.63, 3.8) is 0 Å². The Balaban J connectivity index is 2.29. The highest BCUT2D eigenvalue weighted by Crippen LogP contribution is 2.36.